The molecule has 0 saturated heterocycles. The van der Waals surface area contributed by atoms with Crippen LogP contribution >= 0.6 is 0 Å². The molecule has 0 amide bonds. The van der Waals surface area contributed by atoms with Crippen LogP contribution in [0.4, 0.5) is 10.1 Å². The van der Waals surface area contributed by atoms with Crippen molar-refractivity contribution in [1.82, 2.24) is 0 Å². The van der Waals surface area contributed by atoms with Gasteiger partial charge in [-0.3, -0.25) is 4.79 Å². The molecule has 0 aromatic heterocycles. The third-order valence-electron chi connectivity index (χ3n) is 4.84. The average molecular weight is 382 g/mol. The predicted molar refractivity (Wildman–Crippen MR) is 117 cm³/mol. The van der Waals surface area contributed by atoms with Gasteiger partial charge in [-0.25, -0.2) is 4.39 Å². The molecule has 0 atom stereocenters. The second-order valence-electron chi connectivity index (χ2n) is 9.52. The van der Waals surface area contributed by atoms with E-state index < -0.39 is 5.82 Å². The van der Waals surface area contributed by atoms with Crippen molar-refractivity contribution in [2.24, 2.45) is 0 Å². The van der Waals surface area contributed by atoms with Gasteiger partial charge >= 0.3 is 0 Å². The lowest BCUT2D eigenvalue weighted by Gasteiger charge is -2.30. The summed E-state index contributed by atoms with van der Waals surface area (Å²) in [5, 5.41) is 3.32. The molecule has 0 radical (unpaired) electrons. The smallest absolute Gasteiger partial charge is 0.171 e. The summed E-state index contributed by atoms with van der Waals surface area (Å²) in [4.78, 5) is 12.5. The maximum atomic E-state index is 13.9. The van der Waals surface area contributed by atoms with E-state index in [4.69, 9.17) is 0 Å². The minimum atomic E-state index is -0.499. The van der Waals surface area contributed by atoms with E-state index in [9.17, 15) is 9.18 Å². The van der Waals surface area contributed by atoms with Crippen LogP contribution in [0.25, 0.3) is 0 Å². The number of carbonyl (C=O) groups excluding carboxylic acids is 1. The summed E-state index contributed by atoms with van der Waals surface area (Å²) in [5.74, 6) is -0.781. The molecular formula is C25H32FNO. The fraction of sp³-hybridized carbons (Fsp3) is 0.400. The fourth-order valence-electron chi connectivity index (χ4n) is 3.45. The SMILES string of the molecule is C=C(CC(=O)c1ccccc1F)Nc1cc(C)c(C(C)(C)C)cc1C(C)(C)C. The standard InChI is InChI=1S/C25H32FNO/c1-16-13-22(20(25(6,7)8)15-19(16)24(3,4)5)27-17(2)14-23(28)18-11-9-10-12-21(18)26/h9-13,15,27H,2,14H2,1,3-8H3. The minimum absolute atomic E-state index is 0.0421. The van der Waals surface area contributed by atoms with Gasteiger partial charge in [0.2, 0.25) is 0 Å². The van der Waals surface area contributed by atoms with Crippen LogP contribution in [0, 0.1) is 12.7 Å². The Bertz CT molecular complexity index is 898. The van der Waals surface area contributed by atoms with Gasteiger partial charge in [-0.15, -0.1) is 0 Å². The van der Waals surface area contributed by atoms with E-state index in [2.05, 4.69) is 72.5 Å². The summed E-state index contributed by atoms with van der Waals surface area (Å²) < 4.78 is 13.9. The van der Waals surface area contributed by atoms with Crippen molar-refractivity contribution in [1.29, 1.82) is 0 Å². The zero-order valence-corrected chi connectivity index (χ0v) is 18.2. The molecule has 0 spiro atoms. The molecular weight excluding hydrogens is 349 g/mol. The molecule has 2 aromatic rings. The lowest BCUT2D eigenvalue weighted by atomic mass is 9.78. The molecule has 0 bridgehead atoms. The summed E-state index contributed by atoms with van der Waals surface area (Å²) in [6.45, 7) is 19.3. The number of benzene rings is 2. The molecule has 2 rings (SSSR count). The Morgan fingerprint density at radius 1 is 1.00 bits per heavy atom. The van der Waals surface area contributed by atoms with E-state index >= 15 is 0 Å². The Morgan fingerprint density at radius 3 is 2.11 bits per heavy atom. The Hall–Kier alpha value is -2.42. The van der Waals surface area contributed by atoms with Crippen LogP contribution in [0.15, 0.2) is 48.7 Å². The first-order valence-electron chi connectivity index (χ1n) is 9.69. The maximum Gasteiger partial charge on any atom is 0.171 e. The molecule has 0 saturated carbocycles. The average Bonchev–Trinajstić information content (AvgIpc) is 2.52. The number of aryl methyl sites for hydroxylation is 1. The number of hydrogen-bond donors (Lipinski definition) is 1. The Labute approximate surface area is 168 Å². The van der Waals surface area contributed by atoms with Gasteiger partial charge in [0.25, 0.3) is 0 Å². The van der Waals surface area contributed by atoms with Crippen molar-refractivity contribution in [2.75, 3.05) is 5.32 Å². The topological polar surface area (TPSA) is 29.1 Å². The number of anilines is 1. The highest BCUT2D eigenvalue weighted by molar-refractivity contribution is 5.98. The van der Waals surface area contributed by atoms with Gasteiger partial charge in [0.15, 0.2) is 5.78 Å². The minimum Gasteiger partial charge on any atom is -0.359 e. The molecule has 0 aliphatic carbocycles. The number of carbonyl (C=O) groups is 1. The van der Waals surface area contributed by atoms with Gasteiger partial charge in [-0.1, -0.05) is 66.3 Å². The normalized spacial score (nSPS) is 12.0. The van der Waals surface area contributed by atoms with E-state index in [0.717, 1.165) is 5.69 Å². The van der Waals surface area contributed by atoms with Crippen LogP contribution < -0.4 is 5.32 Å². The van der Waals surface area contributed by atoms with E-state index in [1.165, 1.54) is 28.8 Å². The first-order chi connectivity index (χ1) is 12.8. The highest BCUT2D eigenvalue weighted by Gasteiger charge is 2.24. The Kier molecular flexibility index (Phi) is 6.18. The number of rotatable bonds is 5. The molecule has 0 heterocycles. The molecule has 1 N–H and O–H groups in total. The summed E-state index contributed by atoms with van der Waals surface area (Å²) >= 11 is 0. The molecule has 2 aromatic carbocycles. The number of Topliss-reactive ketones (excluding diaryl/α,β-unsaturated/α-hetero) is 1. The molecule has 28 heavy (non-hydrogen) atoms. The summed E-state index contributed by atoms with van der Waals surface area (Å²) in [6, 6.07) is 10.4. The van der Waals surface area contributed by atoms with Gasteiger partial charge in [0.05, 0.1) is 12.0 Å². The quantitative estimate of drug-likeness (QED) is 0.569. The van der Waals surface area contributed by atoms with Crippen LogP contribution in [0.1, 0.15) is 75.0 Å². The Balaban J connectivity index is 2.32. The van der Waals surface area contributed by atoms with Gasteiger partial charge in [0, 0.05) is 11.4 Å². The van der Waals surface area contributed by atoms with E-state index in [0.29, 0.717) is 5.70 Å². The molecule has 0 unspecified atom stereocenters. The summed E-state index contributed by atoms with van der Waals surface area (Å²) in [5.41, 5.74) is 5.23. The van der Waals surface area contributed by atoms with Crippen molar-refractivity contribution in [3.63, 3.8) is 0 Å². The first-order valence-corrected chi connectivity index (χ1v) is 9.69. The van der Waals surface area contributed by atoms with Crippen molar-refractivity contribution in [2.45, 2.75) is 65.7 Å². The highest BCUT2D eigenvalue weighted by Crippen LogP contribution is 2.37. The van der Waals surface area contributed by atoms with Crippen LogP contribution in [0.2, 0.25) is 0 Å². The van der Waals surface area contributed by atoms with Gasteiger partial charge in [-0.2, -0.15) is 0 Å². The second kappa shape index (κ2) is 7.90. The number of nitrogens with one attached hydrogen (secondary N) is 1. The number of halogens is 1. The molecule has 2 nitrogen and oxygen atoms in total. The number of hydrogen-bond acceptors (Lipinski definition) is 2. The fourth-order valence-corrected chi connectivity index (χ4v) is 3.45. The third kappa shape index (κ3) is 5.09. The Morgan fingerprint density at radius 2 is 1.57 bits per heavy atom. The van der Waals surface area contributed by atoms with Crippen LogP contribution in [-0.2, 0) is 10.8 Å². The zero-order valence-electron chi connectivity index (χ0n) is 18.2. The zero-order chi connectivity index (χ0) is 21.3. The van der Waals surface area contributed by atoms with Crippen molar-refractivity contribution in [3.8, 4) is 0 Å². The third-order valence-corrected chi connectivity index (χ3v) is 4.84. The number of ketones is 1. The molecule has 3 heteroatoms. The van der Waals surface area contributed by atoms with Crippen LogP contribution in [-0.4, -0.2) is 5.78 Å². The lowest BCUT2D eigenvalue weighted by molar-refractivity contribution is 0.0989. The highest BCUT2D eigenvalue weighted by atomic mass is 19.1. The second-order valence-corrected chi connectivity index (χ2v) is 9.52. The van der Waals surface area contributed by atoms with Crippen molar-refractivity contribution < 1.29 is 9.18 Å². The first kappa shape index (κ1) is 21.9. The molecule has 0 fully saturated rings. The molecule has 0 aliphatic rings. The van der Waals surface area contributed by atoms with Crippen molar-refractivity contribution in [3.05, 3.63) is 76.7 Å². The molecule has 0 aliphatic heterocycles. The lowest BCUT2D eigenvalue weighted by Crippen LogP contribution is -2.20. The van der Waals surface area contributed by atoms with Crippen LogP contribution in [0.5, 0.6) is 0 Å². The van der Waals surface area contributed by atoms with E-state index in [1.807, 2.05) is 0 Å². The van der Waals surface area contributed by atoms with E-state index in [1.54, 1.807) is 12.1 Å². The van der Waals surface area contributed by atoms with Gasteiger partial charge in [-0.05, 0) is 52.6 Å². The molecule has 150 valence electrons. The van der Waals surface area contributed by atoms with Crippen molar-refractivity contribution >= 4 is 11.5 Å². The predicted octanol–water partition coefficient (Wildman–Crippen LogP) is 6.93. The van der Waals surface area contributed by atoms with Gasteiger partial charge in [0.1, 0.15) is 5.82 Å². The van der Waals surface area contributed by atoms with Gasteiger partial charge < -0.3 is 5.32 Å². The van der Waals surface area contributed by atoms with Crippen LogP contribution in [0.3, 0.4) is 0 Å². The summed E-state index contributed by atoms with van der Waals surface area (Å²) in [6.07, 6.45) is 0.0462. The monoisotopic (exact) mass is 381 g/mol. The van der Waals surface area contributed by atoms with E-state index in [-0.39, 0.29) is 28.6 Å². The largest absolute Gasteiger partial charge is 0.359 e. The number of allylic oxidation sites excluding steroid dienone is 1. The summed E-state index contributed by atoms with van der Waals surface area (Å²) in [7, 11) is 0. The maximum absolute atomic E-state index is 13.9.